The van der Waals surface area contributed by atoms with Crippen molar-refractivity contribution in [2.24, 2.45) is 0 Å². The lowest BCUT2D eigenvalue weighted by molar-refractivity contribution is -0.138. The smallest absolute Gasteiger partial charge is 0.305 e. The Morgan fingerprint density at radius 1 is 1.23 bits per heavy atom. The molecule has 0 aromatic heterocycles. The molecule has 3 rings (SSSR count). The molecule has 1 atom stereocenters. The van der Waals surface area contributed by atoms with E-state index in [4.69, 9.17) is 9.47 Å². The van der Waals surface area contributed by atoms with Gasteiger partial charge in [-0.1, -0.05) is 24.3 Å². The summed E-state index contributed by atoms with van der Waals surface area (Å²) in [6.07, 6.45) is -0.184. The van der Waals surface area contributed by atoms with E-state index in [1.54, 1.807) is 29.2 Å². The molecule has 0 fully saturated rings. The lowest BCUT2D eigenvalue weighted by Crippen LogP contribution is -2.30. The van der Waals surface area contributed by atoms with Gasteiger partial charge >= 0.3 is 5.97 Å². The largest absolute Gasteiger partial charge is 0.493 e. The van der Waals surface area contributed by atoms with Crippen LogP contribution < -0.4 is 9.47 Å². The zero-order valence-corrected chi connectivity index (χ0v) is 14.8. The van der Waals surface area contributed by atoms with Crippen LogP contribution in [0.4, 0.5) is 0 Å². The Kier molecular flexibility index (Phi) is 5.11. The third-order valence-corrected chi connectivity index (χ3v) is 4.47. The van der Waals surface area contributed by atoms with Crippen LogP contribution in [0.25, 0.3) is 0 Å². The molecule has 0 spiro atoms. The summed E-state index contributed by atoms with van der Waals surface area (Å²) >= 11 is 0. The van der Waals surface area contributed by atoms with Gasteiger partial charge in [0.1, 0.15) is 0 Å². The van der Waals surface area contributed by atoms with Crippen molar-refractivity contribution in [3.05, 3.63) is 59.2 Å². The molecule has 0 aliphatic carbocycles. The van der Waals surface area contributed by atoms with Crippen LogP contribution in [0.1, 0.15) is 40.9 Å². The van der Waals surface area contributed by atoms with Crippen LogP contribution in [0.3, 0.4) is 0 Å². The molecule has 0 saturated heterocycles. The number of carbonyl (C=O) groups is 2. The summed E-state index contributed by atoms with van der Waals surface area (Å²) in [7, 11) is 1.53. The average molecular weight is 355 g/mol. The van der Waals surface area contributed by atoms with E-state index in [-0.39, 0.29) is 12.3 Å². The normalized spacial score (nSPS) is 14.1. The predicted molar refractivity (Wildman–Crippen MR) is 95.5 cm³/mol. The number of hydrogen-bond donors (Lipinski definition) is 1. The quantitative estimate of drug-likeness (QED) is 0.825. The number of rotatable bonds is 7. The van der Waals surface area contributed by atoms with Crippen LogP contribution in [0.5, 0.6) is 11.5 Å². The molecular formula is C20H21NO5. The number of carboxylic acid groups (broad SMARTS) is 1. The zero-order valence-electron chi connectivity index (χ0n) is 14.8. The molecule has 1 heterocycles. The lowest BCUT2D eigenvalue weighted by Gasteiger charge is -2.27. The fraction of sp³-hybridized carbons (Fsp3) is 0.300. The summed E-state index contributed by atoms with van der Waals surface area (Å²) in [5.74, 6) is -0.0148. The van der Waals surface area contributed by atoms with E-state index in [0.29, 0.717) is 35.8 Å². The van der Waals surface area contributed by atoms with Crippen molar-refractivity contribution in [1.29, 1.82) is 0 Å². The molecule has 6 nitrogen and oxygen atoms in total. The third kappa shape index (κ3) is 3.35. The van der Waals surface area contributed by atoms with Gasteiger partial charge in [0, 0.05) is 12.1 Å². The van der Waals surface area contributed by atoms with E-state index >= 15 is 0 Å². The molecule has 26 heavy (non-hydrogen) atoms. The highest BCUT2D eigenvalue weighted by Gasteiger charge is 2.34. The first-order valence-corrected chi connectivity index (χ1v) is 8.46. The third-order valence-electron chi connectivity index (χ3n) is 4.47. The average Bonchev–Trinajstić information content (AvgIpc) is 2.97. The van der Waals surface area contributed by atoms with Gasteiger partial charge in [-0.05, 0) is 36.2 Å². The Morgan fingerprint density at radius 3 is 2.65 bits per heavy atom. The highest BCUT2D eigenvalue weighted by atomic mass is 16.5. The molecule has 2 aromatic carbocycles. The zero-order chi connectivity index (χ0) is 18.7. The van der Waals surface area contributed by atoms with Crippen molar-refractivity contribution < 1.29 is 24.2 Å². The fourth-order valence-corrected chi connectivity index (χ4v) is 3.27. The number of ether oxygens (including phenoxy) is 2. The van der Waals surface area contributed by atoms with E-state index in [1.807, 2.05) is 25.1 Å². The topological polar surface area (TPSA) is 76.1 Å². The molecule has 1 N–H and O–H groups in total. The van der Waals surface area contributed by atoms with Gasteiger partial charge in [0.15, 0.2) is 11.5 Å². The number of carboxylic acids is 1. The highest BCUT2D eigenvalue weighted by Crippen LogP contribution is 2.37. The van der Waals surface area contributed by atoms with E-state index in [2.05, 4.69) is 0 Å². The van der Waals surface area contributed by atoms with Crippen LogP contribution in [-0.2, 0) is 11.3 Å². The van der Waals surface area contributed by atoms with Crippen molar-refractivity contribution in [2.45, 2.75) is 25.9 Å². The SMILES string of the molecule is CCOc1ccc([C@@H](CC(=O)O)N2Cc3ccccc3C2=O)cc1OC. The van der Waals surface area contributed by atoms with Crippen molar-refractivity contribution in [3.63, 3.8) is 0 Å². The van der Waals surface area contributed by atoms with Crippen molar-refractivity contribution in [2.75, 3.05) is 13.7 Å². The molecular weight excluding hydrogens is 334 g/mol. The Hall–Kier alpha value is -3.02. The maximum atomic E-state index is 12.8. The van der Waals surface area contributed by atoms with E-state index in [9.17, 15) is 14.7 Å². The molecule has 1 aliphatic heterocycles. The second-order valence-corrected chi connectivity index (χ2v) is 6.05. The number of amides is 1. The number of methoxy groups -OCH3 is 1. The number of benzene rings is 2. The highest BCUT2D eigenvalue weighted by molar-refractivity contribution is 5.98. The number of hydrogen-bond acceptors (Lipinski definition) is 4. The van der Waals surface area contributed by atoms with Gasteiger partial charge in [-0.2, -0.15) is 0 Å². The molecule has 0 unspecified atom stereocenters. The van der Waals surface area contributed by atoms with E-state index in [1.165, 1.54) is 7.11 Å². The second kappa shape index (κ2) is 7.47. The van der Waals surface area contributed by atoms with Crippen LogP contribution in [-0.4, -0.2) is 35.6 Å². The lowest BCUT2D eigenvalue weighted by atomic mass is 10.0. The molecule has 136 valence electrons. The Morgan fingerprint density at radius 2 is 2.00 bits per heavy atom. The Bertz CT molecular complexity index is 833. The minimum absolute atomic E-state index is 0.153. The van der Waals surface area contributed by atoms with Crippen LogP contribution >= 0.6 is 0 Å². The number of nitrogens with zero attached hydrogens (tertiary/aromatic N) is 1. The summed E-state index contributed by atoms with van der Waals surface area (Å²) in [5.41, 5.74) is 2.24. The Balaban J connectivity index is 1.97. The van der Waals surface area contributed by atoms with Crippen LogP contribution in [0.2, 0.25) is 0 Å². The van der Waals surface area contributed by atoms with Crippen molar-refractivity contribution >= 4 is 11.9 Å². The number of aliphatic carboxylic acids is 1. The van der Waals surface area contributed by atoms with Crippen LogP contribution in [0, 0.1) is 0 Å². The standard InChI is InChI=1S/C20H21NO5/c1-3-26-17-9-8-13(10-18(17)25-2)16(11-19(22)23)21-12-14-6-4-5-7-15(14)20(21)24/h4-10,16H,3,11-12H2,1-2H3,(H,22,23)/t16-/m1/s1. The Labute approximate surface area is 152 Å². The molecule has 1 amide bonds. The predicted octanol–water partition coefficient (Wildman–Crippen LogP) is 3.27. The first kappa shape index (κ1) is 17.8. The summed E-state index contributed by atoms with van der Waals surface area (Å²) in [6.45, 7) is 2.76. The van der Waals surface area contributed by atoms with Crippen molar-refractivity contribution in [3.8, 4) is 11.5 Å². The number of fused-ring (bicyclic) bond motifs is 1. The molecule has 1 aliphatic rings. The first-order valence-electron chi connectivity index (χ1n) is 8.46. The van der Waals surface area contributed by atoms with Gasteiger partial charge in [-0.15, -0.1) is 0 Å². The maximum absolute atomic E-state index is 12.8. The van der Waals surface area contributed by atoms with Gasteiger partial charge in [0.2, 0.25) is 0 Å². The fourth-order valence-electron chi connectivity index (χ4n) is 3.27. The summed E-state index contributed by atoms with van der Waals surface area (Å²) in [6, 6.07) is 12.1. The van der Waals surface area contributed by atoms with E-state index in [0.717, 1.165) is 5.56 Å². The van der Waals surface area contributed by atoms with Gasteiger partial charge in [-0.3, -0.25) is 9.59 Å². The molecule has 6 heteroatoms. The van der Waals surface area contributed by atoms with Gasteiger partial charge in [-0.25, -0.2) is 0 Å². The summed E-state index contributed by atoms with van der Waals surface area (Å²) in [5, 5.41) is 9.38. The van der Waals surface area contributed by atoms with Gasteiger partial charge in [0.05, 0.1) is 26.2 Å². The molecule has 0 saturated carbocycles. The summed E-state index contributed by atoms with van der Waals surface area (Å²) < 4.78 is 10.9. The maximum Gasteiger partial charge on any atom is 0.305 e. The van der Waals surface area contributed by atoms with Crippen molar-refractivity contribution in [1.82, 2.24) is 4.90 Å². The van der Waals surface area contributed by atoms with Crippen LogP contribution in [0.15, 0.2) is 42.5 Å². The minimum atomic E-state index is -0.966. The van der Waals surface area contributed by atoms with Gasteiger partial charge in [0.25, 0.3) is 5.91 Å². The first-order chi connectivity index (χ1) is 12.5. The summed E-state index contributed by atoms with van der Waals surface area (Å²) in [4.78, 5) is 25.8. The number of carbonyl (C=O) groups excluding carboxylic acids is 1. The monoisotopic (exact) mass is 355 g/mol. The molecule has 0 bridgehead atoms. The van der Waals surface area contributed by atoms with Gasteiger partial charge < -0.3 is 19.5 Å². The molecule has 2 aromatic rings. The van der Waals surface area contributed by atoms with E-state index < -0.39 is 12.0 Å². The molecule has 0 radical (unpaired) electrons. The second-order valence-electron chi connectivity index (χ2n) is 6.05. The minimum Gasteiger partial charge on any atom is -0.493 e.